The molecule has 1 unspecified atom stereocenters. The van der Waals surface area contributed by atoms with Crippen LogP contribution >= 0.6 is 0 Å². The fourth-order valence-corrected chi connectivity index (χ4v) is 1.13. The summed E-state index contributed by atoms with van der Waals surface area (Å²) >= 11 is 0. The summed E-state index contributed by atoms with van der Waals surface area (Å²) in [6.07, 6.45) is 2.18. The zero-order chi connectivity index (χ0) is 15.5. The van der Waals surface area contributed by atoms with E-state index in [1.807, 2.05) is 20.8 Å². The van der Waals surface area contributed by atoms with Gasteiger partial charge in [0, 0.05) is 6.61 Å². The van der Waals surface area contributed by atoms with E-state index >= 15 is 0 Å². The van der Waals surface area contributed by atoms with Crippen molar-refractivity contribution in [1.29, 1.82) is 0 Å². The molecule has 0 saturated carbocycles. The van der Waals surface area contributed by atoms with Crippen LogP contribution < -0.4 is 0 Å². The van der Waals surface area contributed by atoms with Crippen molar-refractivity contribution in [3.63, 3.8) is 0 Å². The van der Waals surface area contributed by atoms with Gasteiger partial charge in [-0.05, 0) is 27.2 Å². The Morgan fingerprint density at radius 2 is 1.68 bits per heavy atom. The van der Waals surface area contributed by atoms with Crippen molar-refractivity contribution in [3.05, 3.63) is 12.2 Å². The van der Waals surface area contributed by atoms with Gasteiger partial charge < -0.3 is 14.9 Å². The number of hydrogen-bond acceptors (Lipinski definition) is 3. The minimum Gasteiger partial charge on any atom is -0.481 e. The highest BCUT2D eigenvalue weighted by Crippen LogP contribution is 2.16. The normalized spacial score (nSPS) is 12.8. The summed E-state index contributed by atoms with van der Waals surface area (Å²) in [5.41, 5.74) is -0.445. The van der Waals surface area contributed by atoms with E-state index in [4.69, 9.17) is 14.9 Å². The molecule has 5 heteroatoms. The van der Waals surface area contributed by atoms with Crippen LogP contribution in [0.3, 0.4) is 0 Å². The van der Waals surface area contributed by atoms with E-state index in [1.165, 1.54) is 12.5 Å². The number of rotatable bonds is 8. The minimum atomic E-state index is -1.61. The van der Waals surface area contributed by atoms with Gasteiger partial charge in [0.05, 0.1) is 6.42 Å². The first-order valence-electron chi connectivity index (χ1n) is 6.37. The molecule has 0 saturated heterocycles. The lowest BCUT2D eigenvalue weighted by Crippen LogP contribution is -2.40. The van der Waals surface area contributed by atoms with Gasteiger partial charge in [0.1, 0.15) is 0 Å². The summed E-state index contributed by atoms with van der Waals surface area (Å²) in [7, 11) is 0. The van der Waals surface area contributed by atoms with Crippen LogP contribution in [0, 0.1) is 0 Å². The van der Waals surface area contributed by atoms with Crippen LogP contribution in [0.4, 0.5) is 0 Å². The maximum Gasteiger partial charge on any atom is 0.336 e. The third kappa shape index (κ3) is 12.9. The van der Waals surface area contributed by atoms with E-state index in [0.29, 0.717) is 0 Å². The molecule has 0 amide bonds. The Hall–Kier alpha value is -1.36. The molecule has 0 spiro atoms. The summed E-state index contributed by atoms with van der Waals surface area (Å²) in [5.74, 6) is -2.41. The van der Waals surface area contributed by atoms with Crippen molar-refractivity contribution < 1.29 is 24.5 Å². The molecule has 19 heavy (non-hydrogen) atoms. The molecule has 2 N–H and O–H groups in total. The molecular weight excluding hydrogens is 248 g/mol. The highest BCUT2D eigenvalue weighted by molar-refractivity contribution is 5.83. The molecule has 0 aliphatic carbocycles. The van der Waals surface area contributed by atoms with Gasteiger partial charge in [-0.15, -0.1) is 6.58 Å². The third-order valence-electron chi connectivity index (χ3n) is 2.11. The first-order valence-corrected chi connectivity index (χ1v) is 6.37. The number of allylic oxidation sites excluding steroid dienone is 1. The quantitative estimate of drug-likeness (QED) is 0.525. The number of hydrogen-bond donors (Lipinski definition) is 2. The fraction of sp³-hybridized carbons (Fsp3) is 0.714. The lowest BCUT2D eigenvalue weighted by atomic mass is 10.0. The summed E-state index contributed by atoms with van der Waals surface area (Å²) in [4.78, 5) is 21.3. The second kappa shape index (κ2) is 10.6. The van der Waals surface area contributed by atoms with Gasteiger partial charge in [-0.3, -0.25) is 4.79 Å². The summed E-state index contributed by atoms with van der Waals surface area (Å²) in [5, 5.41) is 17.4. The molecule has 5 nitrogen and oxygen atoms in total. The molecule has 0 rings (SSSR count). The Balaban J connectivity index is 0. The molecule has 0 aromatic rings. The SMILES string of the molecule is C=C(C)C.CCCCCOC(C)(CC(=O)O)C(=O)O. The first-order chi connectivity index (χ1) is 8.65. The fourth-order valence-electron chi connectivity index (χ4n) is 1.13. The second-order valence-corrected chi connectivity index (χ2v) is 4.87. The summed E-state index contributed by atoms with van der Waals surface area (Å²) in [6.45, 7) is 11.1. The number of aliphatic carboxylic acids is 2. The average molecular weight is 274 g/mol. The third-order valence-corrected chi connectivity index (χ3v) is 2.11. The molecule has 0 heterocycles. The largest absolute Gasteiger partial charge is 0.481 e. The standard InChI is InChI=1S/C10H18O5.C4H8/c1-3-4-5-6-15-10(2,9(13)14)7-8(11)12;1-4(2)3/h3-7H2,1-2H3,(H,11,12)(H,13,14);1H2,2-3H3. The molecule has 0 aliphatic heterocycles. The minimum absolute atomic E-state index is 0.282. The highest BCUT2D eigenvalue weighted by atomic mass is 16.5. The van der Waals surface area contributed by atoms with Crippen LogP contribution in [-0.4, -0.2) is 34.4 Å². The van der Waals surface area contributed by atoms with Gasteiger partial charge >= 0.3 is 11.9 Å². The lowest BCUT2D eigenvalue weighted by Gasteiger charge is -2.23. The van der Waals surface area contributed by atoms with E-state index in [1.54, 1.807) is 0 Å². The van der Waals surface area contributed by atoms with E-state index in [9.17, 15) is 9.59 Å². The molecule has 0 bridgehead atoms. The Labute approximate surface area is 115 Å². The van der Waals surface area contributed by atoms with Crippen LogP contribution in [0.5, 0.6) is 0 Å². The van der Waals surface area contributed by atoms with E-state index in [-0.39, 0.29) is 6.61 Å². The van der Waals surface area contributed by atoms with E-state index in [0.717, 1.165) is 19.3 Å². The Bertz CT molecular complexity index is 294. The van der Waals surface area contributed by atoms with Crippen molar-refractivity contribution in [2.24, 2.45) is 0 Å². The van der Waals surface area contributed by atoms with Crippen molar-refractivity contribution in [2.45, 2.75) is 59.0 Å². The van der Waals surface area contributed by atoms with Gasteiger partial charge in [0.2, 0.25) is 0 Å². The number of carbonyl (C=O) groups is 2. The molecule has 0 aliphatic rings. The van der Waals surface area contributed by atoms with Crippen LogP contribution in [0.25, 0.3) is 0 Å². The summed E-state index contributed by atoms with van der Waals surface area (Å²) < 4.78 is 5.12. The molecule has 0 fully saturated rings. The van der Waals surface area contributed by atoms with E-state index < -0.39 is 24.0 Å². The molecule has 0 aromatic heterocycles. The number of unbranched alkanes of at least 4 members (excludes halogenated alkanes) is 2. The zero-order valence-electron chi connectivity index (χ0n) is 12.4. The lowest BCUT2D eigenvalue weighted by molar-refractivity contribution is -0.170. The monoisotopic (exact) mass is 274 g/mol. The number of ether oxygens (including phenoxy) is 1. The topological polar surface area (TPSA) is 83.8 Å². The number of carboxylic acid groups (broad SMARTS) is 2. The molecule has 112 valence electrons. The second-order valence-electron chi connectivity index (χ2n) is 4.87. The van der Waals surface area contributed by atoms with E-state index in [2.05, 4.69) is 6.58 Å². The van der Waals surface area contributed by atoms with Crippen molar-refractivity contribution in [3.8, 4) is 0 Å². The Kier molecular flexibility index (Phi) is 11.1. The predicted molar refractivity (Wildman–Crippen MR) is 74.3 cm³/mol. The van der Waals surface area contributed by atoms with Crippen LogP contribution in [0.1, 0.15) is 53.4 Å². The molecule has 0 radical (unpaired) electrons. The van der Waals surface area contributed by atoms with Crippen molar-refractivity contribution in [2.75, 3.05) is 6.61 Å². The molecule has 0 aromatic carbocycles. The number of carboxylic acids is 2. The zero-order valence-corrected chi connectivity index (χ0v) is 12.4. The van der Waals surface area contributed by atoms with Crippen molar-refractivity contribution >= 4 is 11.9 Å². The average Bonchev–Trinajstić information content (AvgIpc) is 2.22. The van der Waals surface area contributed by atoms with Crippen LogP contribution in [0.2, 0.25) is 0 Å². The summed E-state index contributed by atoms with van der Waals surface area (Å²) in [6, 6.07) is 0. The first kappa shape index (κ1) is 20.0. The maximum atomic E-state index is 10.8. The Morgan fingerprint density at radius 1 is 1.21 bits per heavy atom. The van der Waals surface area contributed by atoms with Gasteiger partial charge in [-0.25, -0.2) is 4.79 Å². The van der Waals surface area contributed by atoms with Crippen LogP contribution in [0.15, 0.2) is 12.2 Å². The van der Waals surface area contributed by atoms with Crippen LogP contribution in [-0.2, 0) is 14.3 Å². The van der Waals surface area contributed by atoms with Gasteiger partial charge in [-0.1, -0.05) is 25.3 Å². The molecular formula is C14H26O5. The predicted octanol–water partition coefficient (Wildman–Crippen LogP) is 3.09. The van der Waals surface area contributed by atoms with Gasteiger partial charge in [0.25, 0.3) is 0 Å². The van der Waals surface area contributed by atoms with Gasteiger partial charge in [-0.2, -0.15) is 0 Å². The highest BCUT2D eigenvalue weighted by Gasteiger charge is 2.36. The smallest absolute Gasteiger partial charge is 0.336 e. The maximum absolute atomic E-state index is 10.8. The Morgan fingerprint density at radius 3 is 2.00 bits per heavy atom. The van der Waals surface area contributed by atoms with Crippen molar-refractivity contribution in [1.82, 2.24) is 0 Å². The molecule has 1 atom stereocenters. The van der Waals surface area contributed by atoms with Gasteiger partial charge in [0.15, 0.2) is 5.60 Å².